The summed E-state index contributed by atoms with van der Waals surface area (Å²) in [4.78, 5) is 15.6. The van der Waals surface area contributed by atoms with Crippen LogP contribution in [-0.4, -0.2) is 55.2 Å². The Hall–Kier alpha value is -0.290. The number of urea groups is 1. The standard InChI is InChI=1S/C11H10ClN3O3S3.CH4.Na.H/c1-19-9-6-13-11(20-9)14-10(16)15-21(17,18)8-4-2-3-7(12)5-8;;;/h2-6H,1H3,(H2,13,14,15,16);1H4;;. The molecule has 1 aromatic carbocycles. The molecule has 2 aromatic rings. The molecule has 2 amide bonds. The summed E-state index contributed by atoms with van der Waals surface area (Å²) < 4.78 is 26.8. The van der Waals surface area contributed by atoms with Crippen molar-refractivity contribution in [3.63, 3.8) is 0 Å². The minimum absolute atomic E-state index is 0. The second kappa shape index (κ2) is 9.87. The minimum atomic E-state index is -3.98. The molecule has 0 aliphatic carbocycles. The fourth-order valence-corrected chi connectivity index (χ4v) is 3.83. The average molecular weight is 404 g/mol. The molecule has 23 heavy (non-hydrogen) atoms. The number of nitrogens with one attached hydrogen (secondary N) is 2. The van der Waals surface area contributed by atoms with Crippen LogP contribution in [0.1, 0.15) is 7.43 Å². The number of hydrogen-bond donors (Lipinski definition) is 2. The topological polar surface area (TPSA) is 88.2 Å². The normalized spacial score (nSPS) is 10.2. The number of rotatable bonds is 4. The molecule has 0 unspecified atom stereocenters. The third kappa shape index (κ3) is 6.61. The Bertz CT molecular complexity index is 768. The third-order valence-corrected chi connectivity index (χ3v) is 5.77. The molecule has 0 spiro atoms. The van der Waals surface area contributed by atoms with Crippen molar-refractivity contribution in [1.82, 2.24) is 9.71 Å². The van der Waals surface area contributed by atoms with E-state index in [2.05, 4.69) is 10.3 Å². The van der Waals surface area contributed by atoms with Gasteiger partial charge in [-0.15, -0.1) is 11.8 Å². The molecule has 6 nitrogen and oxygen atoms in total. The molecule has 0 aliphatic rings. The van der Waals surface area contributed by atoms with Crippen LogP contribution in [-0.2, 0) is 10.0 Å². The van der Waals surface area contributed by atoms with Gasteiger partial charge in [-0.05, 0) is 24.5 Å². The Morgan fingerprint density at radius 1 is 1.39 bits per heavy atom. The number of hydrogen-bond acceptors (Lipinski definition) is 6. The van der Waals surface area contributed by atoms with E-state index in [4.69, 9.17) is 11.6 Å². The number of halogens is 1. The van der Waals surface area contributed by atoms with Crippen LogP contribution in [0.3, 0.4) is 0 Å². The van der Waals surface area contributed by atoms with Crippen LogP contribution in [0.2, 0.25) is 5.02 Å². The van der Waals surface area contributed by atoms with E-state index in [9.17, 15) is 13.2 Å². The van der Waals surface area contributed by atoms with Gasteiger partial charge in [0.15, 0.2) is 5.13 Å². The molecule has 0 fully saturated rings. The van der Waals surface area contributed by atoms with Gasteiger partial charge in [0.25, 0.3) is 10.0 Å². The van der Waals surface area contributed by atoms with E-state index >= 15 is 0 Å². The summed E-state index contributed by atoms with van der Waals surface area (Å²) in [6, 6.07) is 4.75. The molecule has 0 atom stereocenters. The zero-order valence-electron chi connectivity index (χ0n) is 10.7. The van der Waals surface area contributed by atoms with Gasteiger partial charge in [0.1, 0.15) is 0 Å². The summed E-state index contributed by atoms with van der Waals surface area (Å²) in [5.74, 6) is 0. The first-order valence-corrected chi connectivity index (χ1v) is 9.40. The summed E-state index contributed by atoms with van der Waals surface area (Å²) >= 11 is 8.46. The predicted octanol–water partition coefficient (Wildman–Crippen LogP) is 3.02. The zero-order valence-corrected chi connectivity index (χ0v) is 13.9. The summed E-state index contributed by atoms with van der Waals surface area (Å²) in [6.45, 7) is 0. The molecule has 122 valence electrons. The Morgan fingerprint density at radius 3 is 2.65 bits per heavy atom. The van der Waals surface area contributed by atoms with Crippen molar-refractivity contribution < 1.29 is 13.2 Å². The van der Waals surface area contributed by atoms with E-state index in [1.165, 1.54) is 41.3 Å². The number of carbonyl (C=O) groups excluding carboxylic acids is 1. The van der Waals surface area contributed by atoms with Crippen LogP contribution in [0.4, 0.5) is 9.93 Å². The van der Waals surface area contributed by atoms with E-state index < -0.39 is 16.1 Å². The number of anilines is 1. The predicted molar refractivity (Wildman–Crippen MR) is 98.6 cm³/mol. The quantitative estimate of drug-likeness (QED) is 0.605. The molecule has 0 saturated carbocycles. The average Bonchev–Trinajstić information content (AvgIpc) is 2.85. The fraction of sp³-hybridized carbons (Fsp3) is 0.167. The molecule has 2 N–H and O–H groups in total. The molecule has 0 radical (unpaired) electrons. The van der Waals surface area contributed by atoms with Crippen molar-refractivity contribution in [2.24, 2.45) is 0 Å². The second-order valence-corrected chi connectivity index (χ2v) is 7.96. The van der Waals surface area contributed by atoms with Gasteiger partial charge < -0.3 is 0 Å². The molecule has 0 aliphatic heterocycles. The number of carbonyl (C=O) groups is 1. The van der Waals surface area contributed by atoms with Crippen LogP contribution < -0.4 is 10.0 Å². The van der Waals surface area contributed by atoms with Gasteiger partial charge in [-0.25, -0.2) is 22.9 Å². The monoisotopic (exact) mass is 403 g/mol. The molecule has 2 rings (SSSR count). The van der Waals surface area contributed by atoms with Crippen LogP contribution in [0, 0.1) is 0 Å². The number of amides is 2. The Kier molecular flexibility index (Phi) is 9.75. The van der Waals surface area contributed by atoms with Gasteiger partial charge in [-0.3, -0.25) is 5.32 Å². The maximum absolute atomic E-state index is 12.0. The van der Waals surface area contributed by atoms with Gasteiger partial charge in [0.05, 0.1) is 15.3 Å². The number of thioether (sulfide) groups is 1. The molecular weight excluding hydrogens is 389 g/mol. The van der Waals surface area contributed by atoms with Crippen LogP contribution in [0.5, 0.6) is 0 Å². The van der Waals surface area contributed by atoms with Gasteiger partial charge in [-0.1, -0.05) is 36.4 Å². The SMILES string of the molecule is C.CSc1cnc(NC(=O)NS(=O)(=O)c2cccc(Cl)c2)s1.[NaH]. The Morgan fingerprint density at radius 2 is 2.09 bits per heavy atom. The number of sulfonamides is 1. The van der Waals surface area contributed by atoms with E-state index in [0.29, 0.717) is 5.13 Å². The molecular formula is C12H15ClN3NaO3S3. The molecule has 0 bridgehead atoms. The van der Waals surface area contributed by atoms with Crippen molar-refractivity contribution >= 4 is 85.4 Å². The first kappa shape index (κ1) is 22.7. The van der Waals surface area contributed by atoms with Gasteiger partial charge in [-0.2, -0.15) is 0 Å². The van der Waals surface area contributed by atoms with E-state index in [0.717, 1.165) is 4.21 Å². The first-order valence-electron chi connectivity index (χ1n) is 5.50. The number of benzene rings is 1. The van der Waals surface area contributed by atoms with Gasteiger partial charge in [0.2, 0.25) is 0 Å². The van der Waals surface area contributed by atoms with Crippen molar-refractivity contribution in [3.8, 4) is 0 Å². The number of thiazole rings is 1. The Labute approximate surface area is 170 Å². The van der Waals surface area contributed by atoms with Crippen molar-refractivity contribution in [1.29, 1.82) is 0 Å². The second-order valence-electron chi connectivity index (χ2n) is 3.71. The third-order valence-electron chi connectivity index (χ3n) is 2.24. The summed E-state index contributed by atoms with van der Waals surface area (Å²) in [5, 5.41) is 2.95. The summed E-state index contributed by atoms with van der Waals surface area (Å²) in [5.41, 5.74) is 0. The maximum atomic E-state index is 12.0. The first-order chi connectivity index (χ1) is 9.90. The van der Waals surface area contributed by atoms with E-state index in [1.54, 1.807) is 12.3 Å². The molecule has 0 saturated heterocycles. The van der Waals surface area contributed by atoms with Crippen molar-refractivity contribution in [2.45, 2.75) is 16.5 Å². The van der Waals surface area contributed by atoms with Crippen LogP contribution in [0.25, 0.3) is 0 Å². The summed E-state index contributed by atoms with van der Waals surface area (Å²) in [7, 11) is -3.98. The molecule has 11 heteroatoms. The Balaban J connectivity index is 0.00000242. The summed E-state index contributed by atoms with van der Waals surface area (Å²) in [6.07, 6.45) is 3.47. The van der Waals surface area contributed by atoms with Gasteiger partial charge in [0, 0.05) is 5.02 Å². The zero-order chi connectivity index (χ0) is 15.5. The molecule has 1 aromatic heterocycles. The van der Waals surface area contributed by atoms with Crippen molar-refractivity contribution in [2.75, 3.05) is 11.6 Å². The van der Waals surface area contributed by atoms with Crippen molar-refractivity contribution in [3.05, 3.63) is 35.5 Å². The number of aromatic nitrogens is 1. The number of nitrogens with zero attached hydrogens (tertiary/aromatic N) is 1. The van der Waals surface area contributed by atoms with Crippen LogP contribution >= 0.6 is 34.7 Å². The van der Waals surface area contributed by atoms with Gasteiger partial charge >= 0.3 is 35.6 Å². The van der Waals surface area contributed by atoms with E-state index in [-0.39, 0.29) is 46.9 Å². The fourth-order valence-electron chi connectivity index (χ4n) is 1.35. The van der Waals surface area contributed by atoms with Crippen LogP contribution in [0.15, 0.2) is 39.6 Å². The molecule has 1 heterocycles. The van der Waals surface area contributed by atoms with E-state index in [1.807, 2.05) is 11.0 Å².